The molecule has 0 unspecified atom stereocenters. The molecule has 1 aromatic rings. The molecular weight excluding hydrogens is 284 g/mol. The highest BCUT2D eigenvalue weighted by Crippen LogP contribution is 2.31. The van der Waals surface area contributed by atoms with E-state index in [0.29, 0.717) is 30.5 Å². The predicted octanol–water partition coefficient (Wildman–Crippen LogP) is 1.16. The van der Waals surface area contributed by atoms with Crippen molar-refractivity contribution in [3.05, 3.63) is 12.3 Å². The van der Waals surface area contributed by atoms with Gasteiger partial charge in [0.25, 0.3) is 0 Å². The van der Waals surface area contributed by atoms with Crippen LogP contribution in [0.15, 0.2) is 12.3 Å². The number of fused-ring (bicyclic) bond motifs is 1. The van der Waals surface area contributed by atoms with Crippen LogP contribution in [0.3, 0.4) is 0 Å². The number of aromatic nitrogens is 1. The number of piperazine rings is 1. The number of amides is 2. The summed E-state index contributed by atoms with van der Waals surface area (Å²) in [5.74, 6) is 1.76. The molecule has 1 N–H and O–H groups in total. The number of urea groups is 1. The van der Waals surface area contributed by atoms with Crippen LogP contribution in [0.4, 0.5) is 10.6 Å². The lowest BCUT2D eigenvalue weighted by atomic mass is 10.3. The molecule has 1 saturated heterocycles. The average Bonchev–Trinajstić information content (AvgIpc) is 3.40. The van der Waals surface area contributed by atoms with Gasteiger partial charge >= 0.3 is 6.03 Å². The quantitative estimate of drug-likeness (QED) is 0.888. The van der Waals surface area contributed by atoms with E-state index in [-0.39, 0.29) is 6.03 Å². The van der Waals surface area contributed by atoms with Crippen LogP contribution in [0.2, 0.25) is 0 Å². The molecule has 22 heavy (non-hydrogen) atoms. The van der Waals surface area contributed by atoms with E-state index in [1.54, 1.807) is 12.3 Å². The SMILES string of the molecule is O=C(Nc1cc2c(cn1)OCCO2)N1CCN(C2CC2)CC1. The Morgan fingerprint density at radius 3 is 2.59 bits per heavy atom. The molecule has 7 heteroatoms. The smallest absolute Gasteiger partial charge is 0.323 e. The molecule has 0 aromatic carbocycles. The third-order valence-electron chi connectivity index (χ3n) is 4.33. The Kier molecular flexibility index (Phi) is 3.49. The van der Waals surface area contributed by atoms with E-state index >= 15 is 0 Å². The van der Waals surface area contributed by atoms with Gasteiger partial charge in [-0.25, -0.2) is 9.78 Å². The zero-order chi connectivity index (χ0) is 14.9. The van der Waals surface area contributed by atoms with Gasteiger partial charge in [0.2, 0.25) is 0 Å². The molecule has 0 atom stereocenters. The summed E-state index contributed by atoms with van der Waals surface area (Å²) in [4.78, 5) is 20.8. The molecule has 3 aliphatic rings. The third kappa shape index (κ3) is 2.81. The van der Waals surface area contributed by atoms with Crippen LogP contribution >= 0.6 is 0 Å². The predicted molar refractivity (Wildman–Crippen MR) is 80.4 cm³/mol. The number of ether oxygens (including phenoxy) is 2. The summed E-state index contributed by atoms with van der Waals surface area (Å²) in [7, 11) is 0. The number of anilines is 1. The van der Waals surface area contributed by atoms with Crippen molar-refractivity contribution in [2.24, 2.45) is 0 Å². The number of nitrogens with zero attached hydrogens (tertiary/aromatic N) is 3. The fourth-order valence-electron chi connectivity index (χ4n) is 2.94. The lowest BCUT2D eigenvalue weighted by Crippen LogP contribution is -2.50. The topological polar surface area (TPSA) is 66.9 Å². The van der Waals surface area contributed by atoms with Crippen molar-refractivity contribution in [3.63, 3.8) is 0 Å². The summed E-state index contributed by atoms with van der Waals surface area (Å²) in [5.41, 5.74) is 0. The minimum absolute atomic E-state index is 0.0976. The van der Waals surface area contributed by atoms with Gasteiger partial charge in [0.15, 0.2) is 11.5 Å². The molecule has 1 aliphatic carbocycles. The average molecular weight is 304 g/mol. The molecule has 0 bridgehead atoms. The van der Waals surface area contributed by atoms with E-state index in [9.17, 15) is 4.79 Å². The molecule has 7 nitrogen and oxygen atoms in total. The van der Waals surface area contributed by atoms with Crippen LogP contribution in [0, 0.1) is 0 Å². The van der Waals surface area contributed by atoms with Crippen molar-refractivity contribution in [2.45, 2.75) is 18.9 Å². The summed E-state index contributed by atoms with van der Waals surface area (Å²) < 4.78 is 10.9. The highest BCUT2D eigenvalue weighted by atomic mass is 16.6. The van der Waals surface area contributed by atoms with E-state index in [0.717, 1.165) is 32.2 Å². The molecule has 1 aromatic heterocycles. The second kappa shape index (κ2) is 5.64. The van der Waals surface area contributed by atoms with Crippen LogP contribution < -0.4 is 14.8 Å². The van der Waals surface area contributed by atoms with Gasteiger partial charge in [-0.1, -0.05) is 0 Å². The zero-order valence-electron chi connectivity index (χ0n) is 12.5. The number of carbonyl (C=O) groups excluding carboxylic acids is 1. The lowest BCUT2D eigenvalue weighted by molar-refractivity contribution is 0.142. The van der Waals surface area contributed by atoms with Crippen molar-refractivity contribution in [3.8, 4) is 11.5 Å². The maximum absolute atomic E-state index is 12.3. The van der Waals surface area contributed by atoms with Gasteiger partial charge in [0.1, 0.15) is 19.0 Å². The molecule has 0 spiro atoms. The lowest BCUT2D eigenvalue weighted by Gasteiger charge is -2.34. The molecular formula is C15H20N4O3. The number of rotatable bonds is 2. The summed E-state index contributed by atoms with van der Waals surface area (Å²) >= 11 is 0. The van der Waals surface area contributed by atoms with Crippen LogP contribution in [0.1, 0.15) is 12.8 Å². The first-order valence-electron chi connectivity index (χ1n) is 7.85. The Morgan fingerprint density at radius 2 is 1.86 bits per heavy atom. The molecule has 118 valence electrons. The van der Waals surface area contributed by atoms with Crippen molar-refractivity contribution >= 4 is 11.8 Å². The zero-order valence-corrected chi connectivity index (χ0v) is 12.5. The standard InChI is InChI=1S/C15H20N4O3/c20-15(19-5-3-18(4-6-19)11-1-2-11)17-14-9-12-13(10-16-14)22-8-7-21-12/h9-11H,1-8H2,(H,16,17,20). The van der Waals surface area contributed by atoms with Gasteiger partial charge in [-0.05, 0) is 12.8 Å². The summed E-state index contributed by atoms with van der Waals surface area (Å²) in [6, 6.07) is 2.39. The molecule has 2 fully saturated rings. The Bertz CT molecular complexity index is 568. The first kappa shape index (κ1) is 13.6. The van der Waals surface area contributed by atoms with E-state index in [1.807, 2.05) is 4.90 Å². The van der Waals surface area contributed by atoms with Gasteiger partial charge in [0, 0.05) is 38.3 Å². The molecule has 3 heterocycles. The Morgan fingerprint density at radius 1 is 1.14 bits per heavy atom. The second-order valence-corrected chi connectivity index (χ2v) is 5.90. The van der Waals surface area contributed by atoms with Crippen LogP contribution in [0.25, 0.3) is 0 Å². The Balaban J connectivity index is 1.35. The largest absolute Gasteiger partial charge is 0.486 e. The highest BCUT2D eigenvalue weighted by molar-refractivity contribution is 5.88. The Hall–Kier alpha value is -2.02. The second-order valence-electron chi connectivity index (χ2n) is 5.90. The number of nitrogens with one attached hydrogen (secondary N) is 1. The summed E-state index contributed by atoms with van der Waals surface area (Å²) in [6.07, 6.45) is 4.22. The fourth-order valence-corrected chi connectivity index (χ4v) is 2.94. The first-order chi connectivity index (χ1) is 10.8. The van der Waals surface area contributed by atoms with Crippen molar-refractivity contribution < 1.29 is 14.3 Å². The van der Waals surface area contributed by atoms with Crippen LogP contribution in [0.5, 0.6) is 11.5 Å². The number of hydrogen-bond donors (Lipinski definition) is 1. The maximum Gasteiger partial charge on any atom is 0.323 e. The van der Waals surface area contributed by atoms with E-state index in [2.05, 4.69) is 15.2 Å². The molecule has 2 amide bonds. The van der Waals surface area contributed by atoms with Gasteiger partial charge in [0.05, 0.1) is 6.20 Å². The maximum atomic E-state index is 12.3. The first-order valence-corrected chi connectivity index (χ1v) is 7.85. The number of hydrogen-bond acceptors (Lipinski definition) is 5. The van der Waals surface area contributed by atoms with Crippen LogP contribution in [-0.2, 0) is 0 Å². The van der Waals surface area contributed by atoms with E-state index < -0.39 is 0 Å². The van der Waals surface area contributed by atoms with Gasteiger partial charge < -0.3 is 14.4 Å². The summed E-state index contributed by atoms with van der Waals surface area (Å²) in [5, 5.41) is 2.84. The fraction of sp³-hybridized carbons (Fsp3) is 0.600. The van der Waals surface area contributed by atoms with Crippen molar-refractivity contribution in [2.75, 3.05) is 44.7 Å². The van der Waals surface area contributed by atoms with Gasteiger partial charge in [-0.2, -0.15) is 0 Å². The minimum Gasteiger partial charge on any atom is -0.486 e. The molecule has 2 aliphatic heterocycles. The molecule has 4 rings (SSSR count). The van der Waals surface area contributed by atoms with Crippen molar-refractivity contribution in [1.82, 2.24) is 14.8 Å². The summed E-state index contributed by atoms with van der Waals surface area (Å²) in [6.45, 7) is 4.53. The molecule has 1 saturated carbocycles. The van der Waals surface area contributed by atoms with Crippen molar-refractivity contribution in [1.29, 1.82) is 0 Å². The van der Waals surface area contributed by atoms with E-state index in [1.165, 1.54) is 12.8 Å². The monoisotopic (exact) mass is 304 g/mol. The number of carbonyl (C=O) groups is 1. The molecule has 0 radical (unpaired) electrons. The van der Waals surface area contributed by atoms with Crippen LogP contribution in [-0.4, -0.2) is 66.2 Å². The highest BCUT2D eigenvalue weighted by Gasteiger charge is 2.32. The Labute approximate surface area is 129 Å². The third-order valence-corrected chi connectivity index (χ3v) is 4.33. The van der Waals surface area contributed by atoms with Gasteiger partial charge in [-0.3, -0.25) is 10.2 Å². The van der Waals surface area contributed by atoms with E-state index in [4.69, 9.17) is 9.47 Å². The normalized spacial score (nSPS) is 21.5. The van der Waals surface area contributed by atoms with Gasteiger partial charge in [-0.15, -0.1) is 0 Å². The number of pyridine rings is 1. The minimum atomic E-state index is -0.0976.